The summed E-state index contributed by atoms with van der Waals surface area (Å²) in [6, 6.07) is 26.0. The van der Waals surface area contributed by atoms with E-state index >= 15 is 0 Å². The summed E-state index contributed by atoms with van der Waals surface area (Å²) in [6.07, 6.45) is 15.7. The summed E-state index contributed by atoms with van der Waals surface area (Å²) in [4.78, 5) is 9.15. The summed E-state index contributed by atoms with van der Waals surface area (Å²) in [5.74, 6) is 2.34. The molecule has 0 bridgehead atoms. The largest absolute Gasteiger partial charge is 0.493 e. The molecule has 46 heavy (non-hydrogen) atoms. The van der Waals surface area contributed by atoms with Crippen LogP contribution < -0.4 is 4.74 Å². The first-order valence-corrected chi connectivity index (χ1v) is 19.0. The Bertz CT molecular complexity index is 1850. The van der Waals surface area contributed by atoms with E-state index in [2.05, 4.69) is 123 Å². The molecule has 1 unspecified atom stereocenters. The molecule has 0 aliphatic carbocycles. The normalized spacial score (nSPS) is 12.5. The van der Waals surface area contributed by atoms with Crippen molar-refractivity contribution in [2.24, 2.45) is 5.92 Å². The van der Waals surface area contributed by atoms with Gasteiger partial charge >= 0.3 is 0 Å². The number of hydrogen-bond acceptors (Lipinski definition) is 2. The molecule has 3 nitrogen and oxygen atoms in total. The van der Waals surface area contributed by atoms with Gasteiger partial charge in [-0.2, -0.15) is 0 Å². The van der Waals surface area contributed by atoms with Gasteiger partial charge in [-0.3, -0.25) is 0 Å². The van der Waals surface area contributed by atoms with Crippen molar-refractivity contribution in [3.63, 3.8) is 0 Å². The van der Waals surface area contributed by atoms with Gasteiger partial charge in [0.2, 0.25) is 0 Å². The van der Waals surface area contributed by atoms with E-state index in [4.69, 9.17) is 9.72 Å². The quantitative estimate of drug-likeness (QED) is 0.0792. The molecule has 1 atom stereocenters. The first-order valence-electron chi connectivity index (χ1n) is 17.4. The summed E-state index contributed by atoms with van der Waals surface area (Å²) in [6.45, 7) is 5.33. The minimum Gasteiger partial charge on any atom is -0.493 e. The summed E-state index contributed by atoms with van der Waals surface area (Å²) >= 11 is 7.44. The average molecular weight is 743 g/mol. The molecule has 0 aliphatic rings. The van der Waals surface area contributed by atoms with Gasteiger partial charge in [0.15, 0.2) is 0 Å². The lowest BCUT2D eigenvalue weighted by molar-refractivity contribution is 0.225. The zero-order valence-corrected chi connectivity index (χ0v) is 30.5. The summed E-state index contributed by atoms with van der Waals surface area (Å²) in [5, 5.41) is 7.05. The van der Waals surface area contributed by atoms with Gasteiger partial charge in [0, 0.05) is 19.7 Å². The molecular weight excluding hydrogens is 696 g/mol. The molecule has 0 amide bonds. The van der Waals surface area contributed by atoms with Crippen LogP contribution in [0.25, 0.3) is 54.7 Å². The smallest absolute Gasteiger partial charge is 0.142 e. The van der Waals surface area contributed by atoms with E-state index in [0.717, 1.165) is 59.9 Å². The number of nitrogens with zero attached hydrogens (tertiary/aromatic N) is 1. The molecule has 1 N–H and O–H groups in total. The van der Waals surface area contributed by atoms with Crippen LogP contribution in [0.1, 0.15) is 90.9 Å². The zero-order chi connectivity index (χ0) is 31.9. The van der Waals surface area contributed by atoms with Gasteiger partial charge in [-0.1, -0.05) is 152 Å². The number of nitrogens with one attached hydrogen (secondary N) is 1. The van der Waals surface area contributed by atoms with Crippen LogP contribution in [0.15, 0.2) is 81.7 Å². The van der Waals surface area contributed by atoms with E-state index in [0.29, 0.717) is 5.92 Å². The second-order valence-corrected chi connectivity index (χ2v) is 14.8. The van der Waals surface area contributed by atoms with Crippen LogP contribution in [0.5, 0.6) is 5.75 Å². The molecule has 5 heteroatoms. The molecule has 240 valence electrons. The van der Waals surface area contributed by atoms with Gasteiger partial charge in [0.05, 0.1) is 23.2 Å². The Balaban J connectivity index is 1.38. The highest BCUT2D eigenvalue weighted by molar-refractivity contribution is 9.10. The maximum absolute atomic E-state index is 6.85. The van der Waals surface area contributed by atoms with Crippen molar-refractivity contribution >= 4 is 75.2 Å². The monoisotopic (exact) mass is 740 g/mol. The second kappa shape index (κ2) is 15.8. The summed E-state index contributed by atoms with van der Waals surface area (Å²) in [5.41, 5.74) is 3.07. The van der Waals surface area contributed by atoms with Crippen LogP contribution in [0, 0.1) is 5.92 Å². The predicted molar refractivity (Wildman–Crippen MR) is 205 cm³/mol. The van der Waals surface area contributed by atoms with Crippen molar-refractivity contribution in [1.29, 1.82) is 0 Å². The number of aromatic nitrogens is 2. The third-order valence-electron chi connectivity index (χ3n) is 9.52. The number of halogens is 2. The lowest BCUT2D eigenvalue weighted by Gasteiger charge is -2.20. The zero-order valence-electron chi connectivity index (χ0n) is 27.3. The fourth-order valence-corrected chi connectivity index (χ4v) is 7.72. The Morgan fingerprint density at radius 3 is 2.02 bits per heavy atom. The predicted octanol–water partition coefficient (Wildman–Crippen LogP) is 13.9. The van der Waals surface area contributed by atoms with Gasteiger partial charge in [-0.05, 0) is 70.6 Å². The molecule has 6 rings (SSSR count). The SMILES string of the molecule is CCCCCCCCC(CCCCCC)COc1ccc2ccccc2c1-c1nc2c3cc(Br)ccc3c3ccc(Br)cc3c2[nH]1. The van der Waals surface area contributed by atoms with Crippen LogP contribution in [0.2, 0.25) is 0 Å². The Hall–Kier alpha value is -2.89. The van der Waals surface area contributed by atoms with Crippen molar-refractivity contribution in [3.05, 3.63) is 81.7 Å². The molecule has 1 aromatic heterocycles. The van der Waals surface area contributed by atoms with Crippen LogP contribution in [0.4, 0.5) is 0 Å². The molecule has 0 radical (unpaired) electrons. The van der Waals surface area contributed by atoms with E-state index < -0.39 is 0 Å². The Morgan fingerprint density at radius 1 is 0.652 bits per heavy atom. The Kier molecular flexibility index (Phi) is 11.3. The van der Waals surface area contributed by atoms with E-state index in [-0.39, 0.29) is 0 Å². The average Bonchev–Trinajstić information content (AvgIpc) is 3.52. The molecule has 0 saturated heterocycles. The van der Waals surface area contributed by atoms with Crippen molar-refractivity contribution in [1.82, 2.24) is 9.97 Å². The van der Waals surface area contributed by atoms with Gasteiger partial charge in [0.1, 0.15) is 11.6 Å². The lowest BCUT2D eigenvalue weighted by atomic mass is 9.95. The molecule has 1 heterocycles. The number of H-pyrrole nitrogens is 1. The van der Waals surface area contributed by atoms with Gasteiger partial charge in [0.25, 0.3) is 0 Å². The molecule has 0 fully saturated rings. The maximum Gasteiger partial charge on any atom is 0.142 e. The van der Waals surface area contributed by atoms with Crippen molar-refractivity contribution < 1.29 is 4.74 Å². The second-order valence-electron chi connectivity index (χ2n) is 12.9. The minimum absolute atomic E-state index is 0.570. The highest BCUT2D eigenvalue weighted by atomic mass is 79.9. The first-order chi connectivity index (χ1) is 22.6. The fraction of sp³-hybridized carbons (Fsp3) is 0.390. The first kappa shape index (κ1) is 33.0. The molecule has 6 aromatic rings. The van der Waals surface area contributed by atoms with E-state index in [1.807, 2.05) is 0 Å². The molecule has 0 saturated carbocycles. The molecular formula is C41H46Br2N2O. The van der Waals surface area contributed by atoms with Crippen LogP contribution in [-0.4, -0.2) is 16.6 Å². The highest BCUT2D eigenvalue weighted by Crippen LogP contribution is 2.41. The number of aromatic amines is 1. The van der Waals surface area contributed by atoms with Gasteiger partial charge in [-0.25, -0.2) is 4.98 Å². The highest BCUT2D eigenvalue weighted by Gasteiger charge is 2.20. The van der Waals surface area contributed by atoms with Crippen LogP contribution in [-0.2, 0) is 0 Å². The maximum atomic E-state index is 6.85. The standard InChI is InChI=1S/C41H46Br2N2O/c1-3-5-7-9-10-12-16-28(15-11-8-6-4-2)27-46-37-24-19-29-17-13-14-18-32(29)38(37)41-44-39-35-25-30(42)20-22-33(35)34-23-21-31(43)26-36(34)40(39)45-41/h13-14,17-26,28H,3-12,15-16,27H2,1-2H3,(H,44,45). The number of imidazole rings is 1. The van der Waals surface area contributed by atoms with Crippen LogP contribution >= 0.6 is 31.9 Å². The molecule has 0 spiro atoms. The van der Waals surface area contributed by atoms with Crippen molar-refractivity contribution in [3.8, 4) is 17.1 Å². The van der Waals surface area contributed by atoms with Crippen LogP contribution in [0.3, 0.4) is 0 Å². The summed E-state index contributed by atoms with van der Waals surface area (Å²) < 4.78 is 8.95. The Morgan fingerprint density at radius 2 is 1.28 bits per heavy atom. The fourth-order valence-electron chi connectivity index (χ4n) is 6.99. The summed E-state index contributed by atoms with van der Waals surface area (Å²) in [7, 11) is 0. The number of ether oxygens (including phenoxy) is 1. The lowest BCUT2D eigenvalue weighted by Crippen LogP contribution is -2.13. The van der Waals surface area contributed by atoms with Gasteiger partial charge in [-0.15, -0.1) is 0 Å². The number of benzene rings is 5. The number of rotatable bonds is 16. The van der Waals surface area contributed by atoms with E-state index in [9.17, 15) is 0 Å². The Labute approximate surface area is 290 Å². The van der Waals surface area contributed by atoms with E-state index in [1.54, 1.807) is 0 Å². The third-order valence-corrected chi connectivity index (χ3v) is 10.5. The van der Waals surface area contributed by atoms with Crippen molar-refractivity contribution in [2.75, 3.05) is 6.61 Å². The van der Waals surface area contributed by atoms with Crippen molar-refractivity contribution in [2.45, 2.75) is 90.9 Å². The molecule has 5 aromatic carbocycles. The number of fused-ring (bicyclic) bond motifs is 7. The number of unbranched alkanes of at least 4 members (excludes halogenated alkanes) is 8. The van der Waals surface area contributed by atoms with Gasteiger partial charge < -0.3 is 9.72 Å². The minimum atomic E-state index is 0.570. The third kappa shape index (κ3) is 7.47. The van der Waals surface area contributed by atoms with E-state index in [1.165, 1.54) is 93.2 Å². The number of hydrogen-bond donors (Lipinski definition) is 1. The topological polar surface area (TPSA) is 37.9 Å². The molecule has 0 aliphatic heterocycles.